The van der Waals surface area contributed by atoms with E-state index in [0.29, 0.717) is 27.2 Å². The van der Waals surface area contributed by atoms with Crippen molar-refractivity contribution in [1.29, 1.82) is 0 Å². The number of rotatable bonds is 2. The Morgan fingerprint density at radius 3 is 2.58 bits per heavy atom. The second kappa shape index (κ2) is 6.92. The normalized spacial score (nSPS) is 11.6. The summed E-state index contributed by atoms with van der Waals surface area (Å²) >= 11 is 0. The van der Waals surface area contributed by atoms with Gasteiger partial charge in [0.1, 0.15) is 11.2 Å². The maximum atomic E-state index is 14.5. The Labute approximate surface area is 183 Å². The van der Waals surface area contributed by atoms with Crippen LogP contribution in [0.5, 0.6) is 0 Å². The van der Waals surface area contributed by atoms with Gasteiger partial charge in [-0.1, -0.05) is 6.07 Å². The third-order valence-corrected chi connectivity index (χ3v) is 5.78. The van der Waals surface area contributed by atoms with Gasteiger partial charge in [0, 0.05) is 51.4 Å². The largest absolute Gasteiger partial charge is 0.394 e. The van der Waals surface area contributed by atoms with Crippen LogP contribution in [-0.2, 0) is 0 Å². The Kier molecular flexibility index (Phi) is 4.00. The predicted molar refractivity (Wildman–Crippen MR) is 123 cm³/mol. The maximum absolute atomic E-state index is 14.5. The van der Waals surface area contributed by atoms with Crippen molar-refractivity contribution in [2.24, 2.45) is 0 Å². The minimum atomic E-state index is -1.08. The number of fused-ring (bicyclic) bond motifs is 4. The monoisotopic (exact) mass is 440 g/mol. The summed E-state index contributed by atoms with van der Waals surface area (Å²) in [5.41, 5.74) is 8.73. The van der Waals surface area contributed by atoms with Crippen LogP contribution < -0.4 is 11.3 Å². The lowest BCUT2D eigenvalue weighted by molar-refractivity contribution is 0.515. The summed E-state index contributed by atoms with van der Waals surface area (Å²) in [5.74, 6) is -2.13. The second-order valence-electron chi connectivity index (χ2n) is 7.61. The van der Waals surface area contributed by atoms with Crippen molar-refractivity contribution >= 4 is 38.4 Å². The van der Waals surface area contributed by atoms with Crippen LogP contribution in [0.2, 0.25) is 0 Å². The molecular formula is C24H14F2N6O. The highest BCUT2D eigenvalue weighted by atomic mass is 19.2. The number of hydrogen-bond acceptors (Lipinski definition) is 5. The number of nitrogens with zero attached hydrogens (tertiary/aromatic N) is 3. The van der Waals surface area contributed by atoms with Crippen LogP contribution in [0, 0.1) is 11.6 Å². The molecule has 0 unspecified atom stereocenters. The van der Waals surface area contributed by atoms with Gasteiger partial charge in [-0.2, -0.15) is 5.10 Å². The Hall–Kier alpha value is -4.66. The van der Waals surface area contributed by atoms with Crippen LogP contribution in [0.25, 0.3) is 55.0 Å². The predicted octanol–water partition coefficient (Wildman–Crippen LogP) is 4.54. The number of H-pyrrole nitrogens is 2. The van der Waals surface area contributed by atoms with Crippen LogP contribution in [0.15, 0.2) is 66.0 Å². The van der Waals surface area contributed by atoms with Crippen LogP contribution >= 0.6 is 0 Å². The van der Waals surface area contributed by atoms with Crippen molar-refractivity contribution in [2.45, 2.75) is 0 Å². The standard InChI is InChI=1S/C24H14F2N6O/c25-17-8-14(16-10-30-32-23(16)19(17)26)18-15-7-13(11-3-1-5-28-9-11)21-12(4-2-6-29-21)22(15)31-24(33)20(18)27/h1-10H,27H2,(H,30,32)(H,31,33). The van der Waals surface area contributed by atoms with Crippen molar-refractivity contribution in [3.63, 3.8) is 0 Å². The number of aromatic nitrogens is 5. The summed E-state index contributed by atoms with van der Waals surface area (Å²) in [4.78, 5) is 24.4. The van der Waals surface area contributed by atoms with Crippen LogP contribution in [0.4, 0.5) is 14.5 Å². The Balaban J connectivity index is 1.85. The molecule has 33 heavy (non-hydrogen) atoms. The number of halogens is 2. The minimum Gasteiger partial charge on any atom is -0.394 e. The highest BCUT2D eigenvalue weighted by Crippen LogP contribution is 2.41. The molecule has 0 spiro atoms. The molecule has 6 rings (SSSR count). The molecule has 7 nitrogen and oxygen atoms in total. The van der Waals surface area contributed by atoms with Crippen molar-refractivity contribution < 1.29 is 8.78 Å². The van der Waals surface area contributed by atoms with Crippen LogP contribution in [-0.4, -0.2) is 25.1 Å². The lowest BCUT2D eigenvalue weighted by Gasteiger charge is -2.15. The molecule has 0 radical (unpaired) electrons. The fraction of sp³-hybridized carbons (Fsp3) is 0. The van der Waals surface area contributed by atoms with Gasteiger partial charge in [0.15, 0.2) is 11.6 Å². The summed E-state index contributed by atoms with van der Waals surface area (Å²) in [6.07, 6.45) is 6.41. The van der Waals surface area contributed by atoms with E-state index in [-0.39, 0.29) is 22.3 Å². The smallest absolute Gasteiger partial charge is 0.272 e. The van der Waals surface area contributed by atoms with Crippen molar-refractivity contribution in [1.82, 2.24) is 25.1 Å². The molecule has 6 aromatic rings. The molecule has 0 bridgehead atoms. The molecule has 0 aliphatic heterocycles. The van der Waals surface area contributed by atoms with Gasteiger partial charge in [0.2, 0.25) is 0 Å². The van der Waals surface area contributed by atoms with Gasteiger partial charge in [-0.25, -0.2) is 8.78 Å². The number of benzene rings is 2. The molecule has 4 aromatic heterocycles. The molecule has 4 heterocycles. The first-order valence-electron chi connectivity index (χ1n) is 9.99. The lowest BCUT2D eigenvalue weighted by Crippen LogP contribution is -2.14. The fourth-order valence-corrected chi connectivity index (χ4v) is 4.31. The highest BCUT2D eigenvalue weighted by Gasteiger charge is 2.22. The number of aromatic amines is 2. The van der Waals surface area contributed by atoms with Gasteiger partial charge in [-0.3, -0.25) is 19.9 Å². The second-order valence-corrected chi connectivity index (χ2v) is 7.61. The molecule has 0 aliphatic carbocycles. The highest BCUT2D eigenvalue weighted by molar-refractivity contribution is 6.17. The molecule has 0 saturated carbocycles. The number of pyridine rings is 3. The van der Waals surface area contributed by atoms with E-state index in [1.165, 1.54) is 6.20 Å². The van der Waals surface area contributed by atoms with E-state index >= 15 is 0 Å². The fourth-order valence-electron chi connectivity index (χ4n) is 4.31. The summed E-state index contributed by atoms with van der Waals surface area (Å²) in [5, 5.41) is 7.88. The molecule has 0 amide bonds. The summed E-state index contributed by atoms with van der Waals surface area (Å²) in [7, 11) is 0. The minimum absolute atomic E-state index is 0.104. The van der Waals surface area contributed by atoms with E-state index in [0.717, 1.165) is 17.2 Å². The van der Waals surface area contributed by atoms with Crippen LogP contribution in [0.1, 0.15) is 0 Å². The number of hydrogen-bond donors (Lipinski definition) is 3. The number of nitrogens with one attached hydrogen (secondary N) is 2. The van der Waals surface area contributed by atoms with Gasteiger partial charge in [0.05, 0.1) is 17.2 Å². The molecular weight excluding hydrogens is 426 g/mol. The van der Waals surface area contributed by atoms with E-state index in [1.807, 2.05) is 18.2 Å². The molecule has 160 valence electrons. The van der Waals surface area contributed by atoms with Gasteiger partial charge in [-0.15, -0.1) is 0 Å². The molecule has 2 aromatic carbocycles. The number of nitrogen functional groups attached to an aromatic ring is 1. The average molecular weight is 440 g/mol. The third kappa shape index (κ3) is 2.72. The Morgan fingerprint density at radius 1 is 0.909 bits per heavy atom. The zero-order valence-corrected chi connectivity index (χ0v) is 16.9. The van der Waals surface area contributed by atoms with Gasteiger partial charge in [0.25, 0.3) is 5.56 Å². The number of nitrogens with two attached hydrogens (primary N) is 1. The Morgan fingerprint density at radius 2 is 1.76 bits per heavy atom. The summed E-state index contributed by atoms with van der Waals surface area (Å²) < 4.78 is 28.9. The summed E-state index contributed by atoms with van der Waals surface area (Å²) in [6, 6.07) is 10.2. The third-order valence-electron chi connectivity index (χ3n) is 5.78. The lowest BCUT2D eigenvalue weighted by atomic mass is 9.92. The summed E-state index contributed by atoms with van der Waals surface area (Å²) in [6.45, 7) is 0. The molecule has 4 N–H and O–H groups in total. The van der Waals surface area contributed by atoms with E-state index in [1.54, 1.807) is 30.7 Å². The van der Waals surface area contributed by atoms with Crippen molar-refractivity contribution in [3.05, 3.63) is 83.2 Å². The number of anilines is 1. The first-order valence-corrected chi connectivity index (χ1v) is 9.99. The Bertz CT molecular complexity index is 1780. The molecule has 0 saturated heterocycles. The van der Waals surface area contributed by atoms with Gasteiger partial charge >= 0.3 is 0 Å². The van der Waals surface area contributed by atoms with E-state index in [9.17, 15) is 13.6 Å². The zero-order chi connectivity index (χ0) is 22.7. The quantitative estimate of drug-likeness (QED) is 0.342. The first kappa shape index (κ1) is 19.1. The van der Waals surface area contributed by atoms with Crippen LogP contribution in [0.3, 0.4) is 0 Å². The van der Waals surface area contributed by atoms with E-state index in [4.69, 9.17) is 5.73 Å². The van der Waals surface area contributed by atoms with E-state index in [2.05, 4.69) is 25.1 Å². The molecule has 0 aliphatic rings. The van der Waals surface area contributed by atoms with E-state index < -0.39 is 17.2 Å². The van der Waals surface area contributed by atoms with Crippen molar-refractivity contribution in [2.75, 3.05) is 5.73 Å². The zero-order valence-electron chi connectivity index (χ0n) is 16.9. The topological polar surface area (TPSA) is 113 Å². The SMILES string of the molecule is Nc1c(-c2cc(F)c(F)c3[nH]ncc23)c2cc(-c3cccnc3)c3ncccc3c2[nH]c1=O. The van der Waals surface area contributed by atoms with Gasteiger partial charge in [-0.05, 0) is 35.9 Å². The average Bonchev–Trinajstić information content (AvgIpc) is 3.33. The van der Waals surface area contributed by atoms with Gasteiger partial charge < -0.3 is 10.7 Å². The molecule has 9 heteroatoms. The van der Waals surface area contributed by atoms with Crippen molar-refractivity contribution in [3.8, 4) is 22.3 Å². The molecule has 0 atom stereocenters. The first-order chi connectivity index (χ1) is 16.0. The molecule has 0 fully saturated rings. The maximum Gasteiger partial charge on any atom is 0.272 e.